The summed E-state index contributed by atoms with van der Waals surface area (Å²) in [6, 6.07) is 17.2. The third-order valence-corrected chi connectivity index (χ3v) is 5.78. The molecule has 1 aliphatic rings. The van der Waals surface area contributed by atoms with Gasteiger partial charge in [-0.05, 0) is 31.0 Å². The lowest BCUT2D eigenvalue weighted by Crippen LogP contribution is -2.24. The van der Waals surface area contributed by atoms with Crippen LogP contribution in [0.5, 0.6) is 0 Å². The number of amides is 1. The van der Waals surface area contributed by atoms with Crippen molar-refractivity contribution in [2.24, 2.45) is 0 Å². The summed E-state index contributed by atoms with van der Waals surface area (Å²) >= 11 is 0. The molecule has 1 N–H and O–H groups in total. The minimum atomic E-state index is -0.208. The summed E-state index contributed by atoms with van der Waals surface area (Å²) in [6.45, 7) is 0.302. The number of rotatable bonds is 6. The number of nitrogens with one attached hydrogen (secondary N) is 1. The minimum Gasteiger partial charge on any atom is -0.348 e. The molecule has 4 aromatic heterocycles. The molecule has 6 rings (SSSR count). The molecule has 0 saturated heterocycles. The molecule has 0 spiro atoms. The van der Waals surface area contributed by atoms with Crippen molar-refractivity contribution in [3.05, 3.63) is 90.0 Å². The molecular weight excluding hydrogens is 416 g/mol. The predicted molar refractivity (Wildman–Crippen MR) is 122 cm³/mol. The van der Waals surface area contributed by atoms with Crippen LogP contribution in [0.1, 0.15) is 40.4 Å². The zero-order valence-electron chi connectivity index (χ0n) is 17.7. The van der Waals surface area contributed by atoms with Crippen LogP contribution in [0.25, 0.3) is 28.2 Å². The lowest BCUT2D eigenvalue weighted by atomic mass is 10.0. The van der Waals surface area contributed by atoms with E-state index in [4.69, 9.17) is 4.52 Å². The van der Waals surface area contributed by atoms with Crippen LogP contribution in [0.4, 0.5) is 0 Å². The molecule has 33 heavy (non-hydrogen) atoms. The number of aromatic nitrogens is 5. The van der Waals surface area contributed by atoms with Gasteiger partial charge in [0.15, 0.2) is 5.82 Å². The molecule has 5 aromatic rings. The maximum Gasteiger partial charge on any atom is 0.259 e. The quantitative estimate of drug-likeness (QED) is 0.427. The minimum absolute atomic E-state index is 0.208. The average Bonchev–Trinajstić information content (AvgIpc) is 3.38. The van der Waals surface area contributed by atoms with Crippen molar-refractivity contribution in [3.63, 3.8) is 0 Å². The van der Waals surface area contributed by atoms with Gasteiger partial charge in [-0.2, -0.15) is 5.10 Å². The SMILES string of the molecule is O=C(NCc1cccnc1-n1cccn1)c1cc(-c2ccccc2)nc2onc(C3CC3)c12. The highest BCUT2D eigenvalue weighted by Crippen LogP contribution is 2.43. The Morgan fingerprint density at radius 3 is 2.76 bits per heavy atom. The zero-order chi connectivity index (χ0) is 22.2. The van der Waals surface area contributed by atoms with Crippen molar-refractivity contribution in [2.75, 3.05) is 0 Å². The van der Waals surface area contributed by atoms with Gasteiger partial charge >= 0.3 is 0 Å². The van der Waals surface area contributed by atoms with Crippen LogP contribution in [0.3, 0.4) is 0 Å². The number of benzene rings is 1. The summed E-state index contributed by atoms with van der Waals surface area (Å²) in [5.41, 5.74) is 4.17. The van der Waals surface area contributed by atoms with E-state index < -0.39 is 0 Å². The molecule has 1 saturated carbocycles. The van der Waals surface area contributed by atoms with Crippen LogP contribution in [0.2, 0.25) is 0 Å². The van der Waals surface area contributed by atoms with Gasteiger partial charge < -0.3 is 9.84 Å². The third-order valence-electron chi connectivity index (χ3n) is 5.78. The van der Waals surface area contributed by atoms with E-state index in [9.17, 15) is 4.79 Å². The Labute approximate surface area is 189 Å². The highest BCUT2D eigenvalue weighted by Gasteiger charge is 2.32. The summed E-state index contributed by atoms with van der Waals surface area (Å²) in [7, 11) is 0. The highest BCUT2D eigenvalue weighted by atomic mass is 16.5. The summed E-state index contributed by atoms with van der Waals surface area (Å²) in [4.78, 5) is 22.5. The number of pyridine rings is 2. The first kappa shape index (κ1) is 19.4. The van der Waals surface area contributed by atoms with Gasteiger partial charge in [0.25, 0.3) is 11.6 Å². The van der Waals surface area contributed by atoms with Gasteiger partial charge in [-0.15, -0.1) is 0 Å². The molecule has 0 radical (unpaired) electrons. The van der Waals surface area contributed by atoms with E-state index in [0.717, 1.165) is 29.7 Å². The van der Waals surface area contributed by atoms with Crippen molar-refractivity contribution >= 4 is 17.0 Å². The van der Waals surface area contributed by atoms with Gasteiger partial charge in [0, 0.05) is 42.2 Å². The van der Waals surface area contributed by atoms with Crippen LogP contribution >= 0.6 is 0 Å². The fraction of sp³-hybridized carbons (Fsp3) is 0.160. The second-order valence-electron chi connectivity index (χ2n) is 8.06. The van der Waals surface area contributed by atoms with Crippen molar-refractivity contribution in [1.29, 1.82) is 0 Å². The smallest absolute Gasteiger partial charge is 0.259 e. The number of hydrogen-bond acceptors (Lipinski definition) is 6. The van der Waals surface area contributed by atoms with Crippen molar-refractivity contribution in [2.45, 2.75) is 25.3 Å². The second kappa shape index (κ2) is 7.98. The lowest BCUT2D eigenvalue weighted by molar-refractivity contribution is 0.0952. The monoisotopic (exact) mass is 436 g/mol. The van der Waals surface area contributed by atoms with E-state index in [1.165, 1.54) is 0 Å². The molecule has 0 unspecified atom stereocenters. The number of carbonyl (C=O) groups excluding carboxylic acids is 1. The van der Waals surface area contributed by atoms with E-state index in [1.54, 1.807) is 17.1 Å². The number of fused-ring (bicyclic) bond motifs is 1. The van der Waals surface area contributed by atoms with E-state index in [-0.39, 0.29) is 5.91 Å². The lowest BCUT2D eigenvalue weighted by Gasteiger charge is -2.11. The first-order valence-corrected chi connectivity index (χ1v) is 10.9. The molecule has 0 aliphatic heterocycles. The first-order chi connectivity index (χ1) is 16.3. The molecule has 1 aliphatic carbocycles. The molecule has 8 nitrogen and oxygen atoms in total. The van der Waals surface area contributed by atoms with E-state index in [2.05, 4.69) is 25.5 Å². The Kier molecular flexibility index (Phi) is 4.68. The largest absolute Gasteiger partial charge is 0.348 e. The predicted octanol–water partition coefficient (Wildman–Crippen LogP) is 4.28. The van der Waals surface area contributed by atoms with Crippen molar-refractivity contribution in [3.8, 4) is 17.1 Å². The van der Waals surface area contributed by atoms with Crippen LogP contribution in [0.15, 0.2) is 77.7 Å². The summed E-state index contributed by atoms with van der Waals surface area (Å²) in [6.07, 6.45) is 7.32. The molecule has 8 heteroatoms. The molecule has 1 amide bonds. The number of nitrogens with zero attached hydrogens (tertiary/aromatic N) is 5. The van der Waals surface area contributed by atoms with Crippen molar-refractivity contribution < 1.29 is 9.32 Å². The van der Waals surface area contributed by atoms with Crippen LogP contribution in [-0.2, 0) is 6.54 Å². The molecule has 1 aromatic carbocycles. The fourth-order valence-corrected chi connectivity index (χ4v) is 3.98. The Bertz CT molecular complexity index is 1440. The Balaban J connectivity index is 1.37. The van der Waals surface area contributed by atoms with Crippen LogP contribution < -0.4 is 5.32 Å². The van der Waals surface area contributed by atoms with Gasteiger partial charge in [-0.3, -0.25) is 4.79 Å². The molecule has 4 heterocycles. The highest BCUT2D eigenvalue weighted by molar-refractivity contribution is 6.07. The van der Waals surface area contributed by atoms with Gasteiger partial charge in [-0.1, -0.05) is 41.6 Å². The average molecular weight is 436 g/mol. The molecule has 0 atom stereocenters. The standard InChI is InChI=1S/C25H20N6O2/c32-24(27-15-18-8-4-11-26-23(18)31-13-5-12-28-31)19-14-20(16-6-2-1-3-7-16)29-25-21(19)22(30-33-25)17-9-10-17/h1-8,11-14,17H,9-10,15H2,(H,27,32). The maximum atomic E-state index is 13.5. The van der Waals surface area contributed by atoms with Gasteiger partial charge in [-0.25, -0.2) is 14.6 Å². The summed E-state index contributed by atoms with van der Waals surface area (Å²) in [5.74, 6) is 0.795. The van der Waals surface area contributed by atoms with Crippen LogP contribution in [0, 0.1) is 0 Å². The van der Waals surface area contributed by atoms with E-state index in [1.807, 2.05) is 60.8 Å². The first-order valence-electron chi connectivity index (χ1n) is 10.9. The van der Waals surface area contributed by atoms with Gasteiger partial charge in [0.2, 0.25) is 0 Å². The molecular formula is C25H20N6O2. The number of carbonyl (C=O) groups is 1. The summed E-state index contributed by atoms with van der Waals surface area (Å²) in [5, 5.41) is 12.3. The topological polar surface area (TPSA) is 98.7 Å². The second-order valence-corrected chi connectivity index (χ2v) is 8.06. The molecule has 0 bridgehead atoms. The van der Waals surface area contributed by atoms with Gasteiger partial charge in [0.1, 0.15) is 0 Å². The van der Waals surface area contributed by atoms with Crippen molar-refractivity contribution in [1.82, 2.24) is 30.2 Å². The van der Waals surface area contributed by atoms with Crippen LogP contribution in [-0.4, -0.2) is 30.8 Å². The maximum absolute atomic E-state index is 13.5. The normalized spacial score (nSPS) is 13.3. The molecule has 162 valence electrons. The zero-order valence-corrected chi connectivity index (χ0v) is 17.7. The fourth-order valence-electron chi connectivity index (χ4n) is 3.98. The molecule has 1 fully saturated rings. The Morgan fingerprint density at radius 1 is 1.09 bits per heavy atom. The van der Waals surface area contributed by atoms with Gasteiger partial charge in [0.05, 0.1) is 22.3 Å². The Morgan fingerprint density at radius 2 is 1.97 bits per heavy atom. The van der Waals surface area contributed by atoms with E-state index >= 15 is 0 Å². The Hall–Kier alpha value is -4.33. The van der Waals surface area contributed by atoms with E-state index in [0.29, 0.717) is 40.6 Å². The third kappa shape index (κ3) is 3.65. The number of hydrogen-bond donors (Lipinski definition) is 1. The summed E-state index contributed by atoms with van der Waals surface area (Å²) < 4.78 is 7.26.